The van der Waals surface area contributed by atoms with E-state index in [9.17, 15) is 13.2 Å². The number of morpholine rings is 1. The first-order chi connectivity index (χ1) is 10.0. The molecule has 0 spiro atoms. The molecule has 1 atom stereocenters. The molecule has 2 rings (SSSR count). The Bertz CT molecular complexity index is 601. The van der Waals surface area contributed by atoms with Crippen molar-refractivity contribution in [2.75, 3.05) is 26.9 Å². The summed E-state index contributed by atoms with van der Waals surface area (Å²) in [5.41, 5.74) is 0.973. The van der Waals surface area contributed by atoms with Crippen LogP contribution in [-0.4, -0.2) is 51.6 Å². The molecule has 1 unspecified atom stereocenters. The third-order valence-electron chi connectivity index (χ3n) is 3.24. The van der Waals surface area contributed by atoms with Crippen LogP contribution in [0.25, 0.3) is 0 Å². The molecule has 1 aliphatic rings. The van der Waals surface area contributed by atoms with Crippen LogP contribution in [-0.2, 0) is 29.6 Å². The highest BCUT2D eigenvalue weighted by Gasteiger charge is 2.38. The fourth-order valence-electron chi connectivity index (χ4n) is 2.08. The number of halogens is 1. The van der Waals surface area contributed by atoms with E-state index >= 15 is 0 Å². The number of hydrogen-bond donors (Lipinski definition) is 0. The van der Waals surface area contributed by atoms with E-state index in [1.807, 2.05) is 0 Å². The predicted molar refractivity (Wildman–Crippen MR) is 79.6 cm³/mol. The van der Waals surface area contributed by atoms with E-state index in [0.717, 1.165) is 9.87 Å². The lowest BCUT2D eigenvalue weighted by molar-refractivity contribution is -0.149. The minimum atomic E-state index is -3.75. The molecule has 1 fully saturated rings. The van der Waals surface area contributed by atoms with Crippen LogP contribution in [0.5, 0.6) is 0 Å². The van der Waals surface area contributed by atoms with Gasteiger partial charge in [0.25, 0.3) is 0 Å². The van der Waals surface area contributed by atoms with Gasteiger partial charge in [0.05, 0.1) is 25.2 Å². The third-order valence-corrected chi connectivity index (χ3v) is 5.81. The zero-order chi connectivity index (χ0) is 15.5. The van der Waals surface area contributed by atoms with Crippen LogP contribution in [0.2, 0.25) is 0 Å². The average molecular weight is 378 g/mol. The van der Waals surface area contributed by atoms with Crippen molar-refractivity contribution in [1.82, 2.24) is 4.31 Å². The zero-order valence-corrected chi connectivity index (χ0v) is 13.9. The number of sulfonamides is 1. The molecule has 0 saturated carbocycles. The van der Waals surface area contributed by atoms with Gasteiger partial charge in [0.1, 0.15) is 6.04 Å². The van der Waals surface area contributed by atoms with E-state index in [2.05, 4.69) is 20.7 Å². The first-order valence-electron chi connectivity index (χ1n) is 6.33. The fraction of sp³-hybridized carbons (Fsp3) is 0.462. The Hall–Kier alpha value is -0.960. The number of rotatable bonds is 4. The Balaban J connectivity index is 2.33. The maximum Gasteiger partial charge on any atom is 0.326 e. The molecule has 21 heavy (non-hydrogen) atoms. The van der Waals surface area contributed by atoms with Crippen LogP contribution in [0.4, 0.5) is 0 Å². The van der Waals surface area contributed by atoms with Gasteiger partial charge in [0.2, 0.25) is 10.0 Å². The maximum atomic E-state index is 12.7. The molecular formula is C13H16BrNO5S. The molecule has 6 nitrogen and oxygen atoms in total. The first kappa shape index (κ1) is 16.4. The molecule has 0 bridgehead atoms. The van der Waals surface area contributed by atoms with E-state index < -0.39 is 22.0 Å². The van der Waals surface area contributed by atoms with Crippen molar-refractivity contribution in [3.8, 4) is 0 Å². The van der Waals surface area contributed by atoms with Crippen LogP contribution in [0.3, 0.4) is 0 Å². The van der Waals surface area contributed by atoms with Gasteiger partial charge in [-0.3, -0.25) is 4.79 Å². The molecule has 1 saturated heterocycles. The van der Waals surface area contributed by atoms with Crippen LogP contribution < -0.4 is 0 Å². The number of methoxy groups -OCH3 is 1. The second-order valence-electron chi connectivity index (χ2n) is 4.51. The lowest BCUT2D eigenvalue weighted by Crippen LogP contribution is -2.52. The summed E-state index contributed by atoms with van der Waals surface area (Å²) in [5, 5.41) is 0.648. The molecule has 1 aromatic rings. The number of ether oxygens (including phenoxy) is 2. The van der Waals surface area contributed by atoms with Crippen LogP contribution >= 0.6 is 15.9 Å². The molecule has 1 aromatic carbocycles. The predicted octanol–water partition coefficient (Wildman–Crippen LogP) is 1.14. The third kappa shape index (κ3) is 3.45. The van der Waals surface area contributed by atoms with Crippen molar-refractivity contribution in [3.63, 3.8) is 0 Å². The smallest absolute Gasteiger partial charge is 0.326 e. The highest BCUT2D eigenvalue weighted by atomic mass is 79.9. The summed E-state index contributed by atoms with van der Waals surface area (Å²) in [6.07, 6.45) is 0. The number of esters is 1. The molecule has 1 heterocycles. The summed E-state index contributed by atoms with van der Waals surface area (Å²) in [7, 11) is -2.53. The Morgan fingerprint density at radius 1 is 1.43 bits per heavy atom. The molecular weight excluding hydrogens is 362 g/mol. The lowest BCUT2D eigenvalue weighted by Gasteiger charge is -2.32. The van der Waals surface area contributed by atoms with Crippen molar-refractivity contribution >= 4 is 31.9 Å². The van der Waals surface area contributed by atoms with Crippen molar-refractivity contribution < 1.29 is 22.7 Å². The summed E-state index contributed by atoms with van der Waals surface area (Å²) in [6, 6.07) is 5.60. The zero-order valence-electron chi connectivity index (χ0n) is 11.5. The minimum Gasteiger partial charge on any atom is -0.468 e. The minimum absolute atomic E-state index is 0.00534. The summed E-state index contributed by atoms with van der Waals surface area (Å²) in [5.74, 6) is -0.615. The molecule has 0 aliphatic carbocycles. The number of carbonyl (C=O) groups excluding carboxylic acids is 1. The average Bonchev–Trinajstić information content (AvgIpc) is 2.54. The summed E-state index contributed by atoms with van der Waals surface area (Å²) in [4.78, 5) is 11.9. The first-order valence-corrected chi connectivity index (χ1v) is 8.89. The van der Waals surface area contributed by atoms with Crippen molar-refractivity contribution in [1.29, 1.82) is 0 Å². The van der Waals surface area contributed by atoms with Crippen molar-refractivity contribution in [2.24, 2.45) is 0 Å². The molecule has 1 aliphatic heterocycles. The monoisotopic (exact) mass is 377 g/mol. The van der Waals surface area contributed by atoms with Gasteiger partial charge in [-0.1, -0.05) is 28.1 Å². The molecule has 0 N–H and O–H groups in total. The molecule has 0 amide bonds. The lowest BCUT2D eigenvalue weighted by atomic mass is 10.2. The van der Waals surface area contributed by atoms with Gasteiger partial charge in [-0.2, -0.15) is 4.31 Å². The Labute approximate surface area is 132 Å². The van der Waals surface area contributed by atoms with E-state index in [4.69, 9.17) is 4.74 Å². The van der Waals surface area contributed by atoms with Gasteiger partial charge in [-0.05, 0) is 17.7 Å². The van der Waals surface area contributed by atoms with Crippen LogP contribution in [0, 0.1) is 0 Å². The Morgan fingerprint density at radius 2 is 2.10 bits per heavy atom. The highest BCUT2D eigenvalue weighted by Crippen LogP contribution is 2.22. The molecule has 8 heteroatoms. The number of benzene rings is 1. The summed E-state index contributed by atoms with van der Waals surface area (Å²) < 4.78 is 36.3. The second-order valence-corrected chi connectivity index (χ2v) is 6.96. The van der Waals surface area contributed by atoms with Gasteiger partial charge >= 0.3 is 5.97 Å². The van der Waals surface area contributed by atoms with Gasteiger partial charge in [-0.15, -0.1) is 0 Å². The van der Waals surface area contributed by atoms with E-state index in [1.165, 1.54) is 19.2 Å². The number of carbonyl (C=O) groups is 1. The largest absolute Gasteiger partial charge is 0.468 e. The number of hydrogen-bond acceptors (Lipinski definition) is 5. The normalized spacial score (nSPS) is 20.2. The van der Waals surface area contributed by atoms with E-state index in [-0.39, 0.29) is 24.7 Å². The Kier molecular flexibility index (Phi) is 5.37. The number of nitrogens with zero attached hydrogens (tertiary/aromatic N) is 1. The van der Waals surface area contributed by atoms with Gasteiger partial charge in [0.15, 0.2) is 0 Å². The SMILES string of the molecule is COC(=O)C1COCCN1S(=O)(=O)c1ccc(CBr)cc1. The quantitative estimate of drug-likeness (QED) is 0.581. The van der Waals surface area contributed by atoms with Crippen LogP contribution in [0.1, 0.15) is 5.56 Å². The molecule has 116 valence electrons. The van der Waals surface area contributed by atoms with Gasteiger partial charge < -0.3 is 9.47 Å². The van der Waals surface area contributed by atoms with Gasteiger partial charge in [-0.25, -0.2) is 8.42 Å². The standard InChI is InChI=1S/C13H16BrNO5S/c1-19-13(16)12-9-20-7-6-15(12)21(17,18)11-4-2-10(8-14)3-5-11/h2-5,12H,6-9H2,1H3. The summed E-state index contributed by atoms with van der Waals surface area (Å²) >= 11 is 3.31. The maximum absolute atomic E-state index is 12.7. The second kappa shape index (κ2) is 6.87. The summed E-state index contributed by atoms with van der Waals surface area (Å²) in [6.45, 7) is 0.389. The molecule has 0 radical (unpaired) electrons. The highest BCUT2D eigenvalue weighted by molar-refractivity contribution is 9.08. The number of alkyl halides is 1. The van der Waals surface area contributed by atoms with E-state index in [1.54, 1.807) is 12.1 Å². The fourth-order valence-corrected chi connectivity index (χ4v) is 4.01. The van der Waals surface area contributed by atoms with E-state index in [0.29, 0.717) is 5.33 Å². The van der Waals surface area contributed by atoms with Gasteiger partial charge in [0, 0.05) is 11.9 Å². The van der Waals surface area contributed by atoms with Crippen LogP contribution in [0.15, 0.2) is 29.2 Å². The van der Waals surface area contributed by atoms with Crippen molar-refractivity contribution in [3.05, 3.63) is 29.8 Å². The molecule has 0 aromatic heterocycles. The van der Waals surface area contributed by atoms with Crippen molar-refractivity contribution in [2.45, 2.75) is 16.3 Å². The topological polar surface area (TPSA) is 72.9 Å². The Morgan fingerprint density at radius 3 is 2.67 bits per heavy atom.